The van der Waals surface area contributed by atoms with E-state index in [2.05, 4.69) is 33.2 Å². The maximum absolute atomic E-state index is 13.4. The second-order valence-corrected chi connectivity index (χ2v) is 8.79. The van der Waals surface area contributed by atoms with Crippen molar-refractivity contribution in [1.29, 1.82) is 0 Å². The van der Waals surface area contributed by atoms with Gasteiger partial charge >= 0.3 is 0 Å². The van der Waals surface area contributed by atoms with E-state index in [1.54, 1.807) is 30.3 Å². The molecule has 0 aliphatic heterocycles. The predicted molar refractivity (Wildman–Crippen MR) is 153 cm³/mol. The molecule has 0 aliphatic carbocycles. The molecule has 0 saturated heterocycles. The minimum absolute atomic E-state index is 0.0462. The number of aliphatic hydroxyl groups is 1. The standard InChI is InChI=1S/C28H25FN4O3S.CH4O/c29-20-3-1-2-18(12-20)16-35-27-8-5-21(14-25(27)34)33-28-23-13-19(4-7-24(23)31-17-32-28)26-9-6-22(36-26)15-30-10-11-37;1-2/h1-9,12-14,17,30,34,37H,10-11,15-16H2,(H,31,32,33);2H,1H3. The number of fused-ring (bicyclic) bond motifs is 1. The molecule has 2 aromatic heterocycles. The van der Waals surface area contributed by atoms with Crippen LogP contribution in [0.15, 0.2) is 83.5 Å². The maximum atomic E-state index is 13.4. The Hall–Kier alpha value is -4.12. The van der Waals surface area contributed by atoms with Crippen LogP contribution in [-0.4, -0.2) is 39.6 Å². The first kappa shape index (κ1) is 27.9. The van der Waals surface area contributed by atoms with Gasteiger partial charge in [0.05, 0.1) is 12.1 Å². The number of phenolic OH excluding ortho intramolecular Hbond substituents is 1. The quantitative estimate of drug-likeness (QED) is 0.112. The Balaban J connectivity index is 0.00000172. The number of rotatable bonds is 10. The van der Waals surface area contributed by atoms with Crippen molar-refractivity contribution in [2.45, 2.75) is 13.2 Å². The molecule has 0 radical (unpaired) electrons. The van der Waals surface area contributed by atoms with Gasteiger partial charge in [-0.05, 0) is 60.2 Å². The Bertz CT molecular complexity index is 1530. The molecule has 0 spiro atoms. The van der Waals surface area contributed by atoms with Gasteiger partial charge in [-0.2, -0.15) is 12.6 Å². The van der Waals surface area contributed by atoms with E-state index in [1.807, 2.05) is 30.3 Å². The number of nitrogens with one attached hydrogen (secondary N) is 2. The molecule has 0 amide bonds. The summed E-state index contributed by atoms with van der Waals surface area (Å²) in [6, 6.07) is 20.9. The van der Waals surface area contributed by atoms with Crippen LogP contribution in [0.4, 0.5) is 15.9 Å². The van der Waals surface area contributed by atoms with Gasteiger partial charge in [-0.15, -0.1) is 0 Å². The van der Waals surface area contributed by atoms with Gasteiger partial charge in [-0.1, -0.05) is 12.1 Å². The molecule has 3 aromatic carbocycles. The largest absolute Gasteiger partial charge is 0.504 e. The first-order valence-corrected chi connectivity index (χ1v) is 12.8. The summed E-state index contributed by atoms with van der Waals surface area (Å²) >= 11 is 4.20. The highest BCUT2D eigenvalue weighted by Crippen LogP contribution is 2.33. The van der Waals surface area contributed by atoms with Crippen LogP contribution in [0.2, 0.25) is 0 Å². The summed E-state index contributed by atoms with van der Waals surface area (Å²) in [7, 11) is 1.00. The molecule has 0 aliphatic rings. The summed E-state index contributed by atoms with van der Waals surface area (Å²) in [6.07, 6.45) is 1.48. The Morgan fingerprint density at radius 1 is 1.00 bits per heavy atom. The molecule has 0 saturated carbocycles. The average molecular weight is 549 g/mol. The number of ether oxygens (including phenoxy) is 1. The molecule has 0 atom stereocenters. The summed E-state index contributed by atoms with van der Waals surface area (Å²) in [5, 5.41) is 24.8. The third-order valence-electron chi connectivity index (χ3n) is 5.67. The van der Waals surface area contributed by atoms with E-state index >= 15 is 0 Å². The SMILES string of the molecule is CO.Oc1cc(Nc2ncnc3ccc(-c4ccc(CNCCS)o4)cc23)ccc1OCc1cccc(F)c1. The Morgan fingerprint density at radius 3 is 2.67 bits per heavy atom. The van der Waals surface area contributed by atoms with Crippen molar-refractivity contribution in [1.82, 2.24) is 15.3 Å². The smallest absolute Gasteiger partial charge is 0.161 e. The molecule has 202 valence electrons. The van der Waals surface area contributed by atoms with Crippen LogP contribution >= 0.6 is 12.6 Å². The van der Waals surface area contributed by atoms with Gasteiger partial charge in [0.1, 0.15) is 36.1 Å². The fourth-order valence-electron chi connectivity index (χ4n) is 3.87. The molecular formula is C29H29FN4O4S. The zero-order valence-electron chi connectivity index (χ0n) is 21.3. The van der Waals surface area contributed by atoms with Gasteiger partial charge in [-0.25, -0.2) is 14.4 Å². The topological polar surface area (TPSA) is 113 Å². The Labute approximate surface area is 230 Å². The fraction of sp³-hybridized carbons (Fsp3) is 0.172. The van der Waals surface area contributed by atoms with Crippen LogP contribution in [-0.2, 0) is 13.2 Å². The van der Waals surface area contributed by atoms with Gasteiger partial charge in [0, 0.05) is 42.1 Å². The summed E-state index contributed by atoms with van der Waals surface area (Å²) in [4.78, 5) is 8.78. The maximum Gasteiger partial charge on any atom is 0.161 e. The molecule has 8 nitrogen and oxygen atoms in total. The zero-order chi connectivity index (χ0) is 27.6. The lowest BCUT2D eigenvalue weighted by molar-refractivity contribution is 0.288. The van der Waals surface area contributed by atoms with Crippen molar-refractivity contribution in [2.24, 2.45) is 0 Å². The Kier molecular flexibility index (Phi) is 9.74. The number of benzene rings is 3. The van der Waals surface area contributed by atoms with Crippen molar-refractivity contribution in [3.63, 3.8) is 0 Å². The van der Waals surface area contributed by atoms with Crippen LogP contribution in [0.3, 0.4) is 0 Å². The van der Waals surface area contributed by atoms with Crippen molar-refractivity contribution in [3.8, 4) is 22.8 Å². The van der Waals surface area contributed by atoms with Gasteiger partial charge in [0.15, 0.2) is 11.5 Å². The number of hydrogen-bond acceptors (Lipinski definition) is 9. The van der Waals surface area contributed by atoms with Crippen LogP contribution in [0.1, 0.15) is 11.3 Å². The van der Waals surface area contributed by atoms with Gasteiger partial charge < -0.3 is 30.0 Å². The number of thiol groups is 1. The monoisotopic (exact) mass is 548 g/mol. The minimum atomic E-state index is -0.334. The van der Waals surface area contributed by atoms with E-state index in [9.17, 15) is 9.50 Å². The molecule has 10 heteroatoms. The van der Waals surface area contributed by atoms with Gasteiger partial charge in [0.25, 0.3) is 0 Å². The molecular weight excluding hydrogens is 519 g/mol. The van der Waals surface area contributed by atoms with Crippen LogP contribution in [0.25, 0.3) is 22.2 Å². The summed E-state index contributed by atoms with van der Waals surface area (Å²) in [6.45, 7) is 1.57. The van der Waals surface area contributed by atoms with Crippen LogP contribution in [0, 0.1) is 5.82 Å². The number of phenols is 1. The highest BCUT2D eigenvalue weighted by Gasteiger charge is 2.11. The van der Waals surface area contributed by atoms with Crippen molar-refractivity contribution >= 4 is 35.0 Å². The molecule has 39 heavy (non-hydrogen) atoms. The molecule has 4 N–H and O–H groups in total. The average Bonchev–Trinajstić information content (AvgIpc) is 3.43. The fourth-order valence-corrected chi connectivity index (χ4v) is 4.03. The number of nitrogens with zero attached hydrogens (tertiary/aromatic N) is 2. The highest BCUT2D eigenvalue weighted by atomic mass is 32.1. The Morgan fingerprint density at radius 2 is 1.87 bits per heavy atom. The lowest BCUT2D eigenvalue weighted by Crippen LogP contribution is -2.15. The third-order valence-corrected chi connectivity index (χ3v) is 5.90. The second-order valence-electron chi connectivity index (χ2n) is 8.35. The molecule has 5 aromatic rings. The number of aromatic nitrogens is 2. The predicted octanol–water partition coefficient (Wildman–Crippen LogP) is 5.69. The van der Waals surface area contributed by atoms with Crippen molar-refractivity contribution < 1.29 is 23.8 Å². The third kappa shape index (κ3) is 7.26. The van der Waals surface area contributed by atoms with Gasteiger partial charge in [-0.3, -0.25) is 0 Å². The van der Waals surface area contributed by atoms with E-state index in [0.29, 0.717) is 29.4 Å². The first-order valence-electron chi connectivity index (χ1n) is 12.2. The minimum Gasteiger partial charge on any atom is -0.504 e. The first-order chi connectivity index (χ1) is 19.1. The number of aliphatic hydroxyl groups excluding tert-OH is 1. The number of furan rings is 1. The summed E-state index contributed by atoms with van der Waals surface area (Å²) in [5.41, 5.74) is 2.96. The van der Waals surface area contributed by atoms with Crippen molar-refractivity contribution in [3.05, 3.63) is 96.3 Å². The van der Waals surface area contributed by atoms with Crippen LogP contribution in [0.5, 0.6) is 11.5 Å². The second kappa shape index (κ2) is 13.6. The molecule has 2 heterocycles. The number of aromatic hydroxyl groups is 1. The van der Waals surface area contributed by atoms with E-state index < -0.39 is 0 Å². The van der Waals surface area contributed by atoms with E-state index in [1.165, 1.54) is 18.5 Å². The van der Waals surface area contributed by atoms with E-state index in [4.69, 9.17) is 14.3 Å². The lowest BCUT2D eigenvalue weighted by atomic mass is 10.1. The summed E-state index contributed by atoms with van der Waals surface area (Å²) in [5.74, 6) is 2.85. The van der Waals surface area contributed by atoms with Crippen LogP contribution < -0.4 is 15.4 Å². The molecule has 5 rings (SSSR count). The summed E-state index contributed by atoms with van der Waals surface area (Å²) < 4.78 is 25.0. The molecule has 0 bridgehead atoms. The number of anilines is 2. The van der Waals surface area contributed by atoms with Gasteiger partial charge in [0.2, 0.25) is 0 Å². The van der Waals surface area contributed by atoms with E-state index in [-0.39, 0.29) is 18.2 Å². The lowest BCUT2D eigenvalue weighted by Gasteiger charge is -2.12. The zero-order valence-corrected chi connectivity index (χ0v) is 22.2. The van der Waals surface area contributed by atoms with E-state index in [0.717, 1.165) is 47.4 Å². The normalized spacial score (nSPS) is 10.7. The number of halogens is 1. The van der Waals surface area contributed by atoms with Crippen molar-refractivity contribution in [2.75, 3.05) is 24.7 Å². The number of hydrogen-bond donors (Lipinski definition) is 5. The highest BCUT2D eigenvalue weighted by molar-refractivity contribution is 7.80. The molecule has 0 fully saturated rings. The molecule has 0 unspecified atom stereocenters.